The van der Waals surface area contributed by atoms with Gasteiger partial charge in [-0.1, -0.05) is 43.6 Å². The smallest absolute Gasteiger partial charge is 0.119 e. The van der Waals surface area contributed by atoms with E-state index in [0.717, 1.165) is 51.2 Å². The van der Waals surface area contributed by atoms with Crippen molar-refractivity contribution < 1.29 is 9.90 Å². The first-order valence-electron chi connectivity index (χ1n) is 9.08. The number of aliphatic hydroxyl groups excluding tert-OH is 1. The standard InChI is InChI=1S/C17H28O2.C2H6.C2H4/c1-14-7-6-8-16(11-10-14)13-17(15(2)19)9-4-3-5-12-18;2*1-2/h7-8,12,15,17,19H,3-6,9-11,13H2,1-2H3;1-2H3;1-2H2. The number of hydrogen-bond donors (Lipinski definition) is 1. The SMILES string of the molecule is C=C.CC.CC1=CCC=C(CC(CCCCC=O)C(C)O)CC1. The van der Waals surface area contributed by atoms with Gasteiger partial charge >= 0.3 is 0 Å². The molecule has 0 aromatic heterocycles. The molecule has 0 radical (unpaired) electrons. The van der Waals surface area contributed by atoms with Gasteiger partial charge in [-0.25, -0.2) is 0 Å². The summed E-state index contributed by atoms with van der Waals surface area (Å²) >= 11 is 0. The van der Waals surface area contributed by atoms with Crippen molar-refractivity contribution >= 4 is 6.29 Å². The second kappa shape index (κ2) is 17.2. The lowest BCUT2D eigenvalue weighted by molar-refractivity contribution is -0.107. The van der Waals surface area contributed by atoms with Gasteiger partial charge in [-0.15, -0.1) is 13.2 Å². The molecule has 0 bridgehead atoms. The minimum absolute atomic E-state index is 0.255. The van der Waals surface area contributed by atoms with Gasteiger partial charge in [-0.3, -0.25) is 0 Å². The molecule has 1 aliphatic carbocycles. The molecule has 0 heterocycles. The molecule has 1 aliphatic rings. The molecule has 0 aromatic rings. The van der Waals surface area contributed by atoms with Crippen LogP contribution in [0.5, 0.6) is 0 Å². The van der Waals surface area contributed by atoms with Crippen molar-refractivity contribution in [2.75, 3.05) is 0 Å². The summed E-state index contributed by atoms with van der Waals surface area (Å²) < 4.78 is 0. The van der Waals surface area contributed by atoms with E-state index in [1.54, 1.807) is 0 Å². The Hall–Kier alpha value is -1.15. The fraction of sp³-hybridized carbons (Fsp3) is 0.667. The van der Waals surface area contributed by atoms with Crippen LogP contribution in [0.25, 0.3) is 0 Å². The van der Waals surface area contributed by atoms with Crippen LogP contribution in [-0.4, -0.2) is 17.5 Å². The average molecular weight is 323 g/mol. The Morgan fingerprint density at radius 3 is 2.43 bits per heavy atom. The first-order valence-corrected chi connectivity index (χ1v) is 9.08. The zero-order valence-corrected chi connectivity index (χ0v) is 15.8. The van der Waals surface area contributed by atoms with Gasteiger partial charge in [-0.2, -0.15) is 0 Å². The van der Waals surface area contributed by atoms with Gasteiger partial charge in [0.2, 0.25) is 0 Å². The monoisotopic (exact) mass is 322 g/mol. The Labute approximate surface area is 144 Å². The predicted octanol–water partition coefficient (Wildman–Crippen LogP) is 6.02. The Kier molecular flexibility index (Phi) is 18.0. The summed E-state index contributed by atoms with van der Waals surface area (Å²) in [5.41, 5.74) is 2.97. The summed E-state index contributed by atoms with van der Waals surface area (Å²) in [5, 5.41) is 9.91. The van der Waals surface area contributed by atoms with Crippen molar-refractivity contribution in [1.29, 1.82) is 0 Å². The number of carbonyl (C=O) groups is 1. The highest BCUT2D eigenvalue weighted by Crippen LogP contribution is 2.27. The molecule has 1 rings (SSSR count). The normalized spacial score (nSPS) is 16.2. The number of allylic oxidation sites excluding steroid dienone is 4. The van der Waals surface area contributed by atoms with Crippen LogP contribution in [0.15, 0.2) is 36.5 Å². The van der Waals surface area contributed by atoms with Crippen molar-refractivity contribution in [1.82, 2.24) is 0 Å². The van der Waals surface area contributed by atoms with E-state index in [9.17, 15) is 9.90 Å². The topological polar surface area (TPSA) is 37.3 Å². The molecule has 2 heteroatoms. The number of carbonyl (C=O) groups excluding carboxylic acids is 1. The van der Waals surface area contributed by atoms with Gasteiger partial charge in [0.1, 0.15) is 6.29 Å². The van der Waals surface area contributed by atoms with Gasteiger partial charge in [0.25, 0.3) is 0 Å². The third kappa shape index (κ3) is 13.0. The van der Waals surface area contributed by atoms with E-state index in [-0.39, 0.29) is 6.10 Å². The third-order valence-electron chi connectivity index (χ3n) is 4.07. The molecule has 0 fully saturated rings. The van der Waals surface area contributed by atoms with E-state index < -0.39 is 0 Å². The number of hydrogen-bond acceptors (Lipinski definition) is 2. The van der Waals surface area contributed by atoms with Gasteiger partial charge in [0.15, 0.2) is 0 Å². The predicted molar refractivity (Wildman–Crippen MR) is 103 cm³/mol. The second-order valence-corrected chi connectivity index (χ2v) is 5.80. The molecule has 0 saturated carbocycles. The lowest BCUT2D eigenvalue weighted by atomic mass is 9.88. The maximum absolute atomic E-state index is 10.3. The zero-order valence-electron chi connectivity index (χ0n) is 15.8. The first-order chi connectivity index (χ1) is 11.1. The lowest BCUT2D eigenvalue weighted by Gasteiger charge is -2.21. The van der Waals surface area contributed by atoms with E-state index >= 15 is 0 Å². The Bertz CT molecular complexity index is 340. The number of aliphatic hydroxyl groups is 1. The molecule has 0 saturated heterocycles. The molecule has 0 aromatic carbocycles. The van der Waals surface area contributed by atoms with Crippen LogP contribution in [-0.2, 0) is 4.79 Å². The Balaban J connectivity index is 0. The molecule has 2 nitrogen and oxygen atoms in total. The molecule has 1 N–H and O–H groups in total. The van der Waals surface area contributed by atoms with Crippen LogP contribution in [0.3, 0.4) is 0 Å². The maximum atomic E-state index is 10.3. The van der Waals surface area contributed by atoms with E-state index in [4.69, 9.17) is 0 Å². The van der Waals surface area contributed by atoms with E-state index in [1.165, 1.54) is 11.1 Å². The quantitative estimate of drug-likeness (QED) is 0.337. The Morgan fingerprint density at radius 1 is 1.22 bits per heavy atom. The molecular formula is C21H38O2. The molecule has 0 spiro atoms. The highest BCUT2D eigenvalue weighted by atomic mass is 16.3. The Morgan fingerprint density at radius 2 is 1.87 bits per heavy atom. The molecule has 0 amide bonds. The summed E-state index contributed by atoms with van der Waals surface area (Å²) in [7, 11) is 0. The van der Waals surface area contributed by atoms with E-state index in [1.807, 2.05) is 20.8 Å². The number of unbranched alkanes of at least 4 members (excludes halogenated alkanes) is 2. The number of rotatable bonds is 8. The maximum Gasteiger partial charge on any atom is 0.119 e. The largest absolute Gasteiger partial charge is 0.393 e. The fourth-order valence-electron chi connectivity index (χ4n) is 2.66. The molecule has 2 atom stereocenters. The van der Waals surface area contributed by atoms with Crippen molar-refractivity contribution in [3.8, 4) is 0 Å². The average Bonchev–Trinajstić information content (AvgIpc) is 2.78. The van der Waals surface area contributed by atoms with Gasteiger partial charge in [0.05, 0.1) is 6.10 Å². The fourth-order valence-corrected chi connectivity index (χ4v) is 2.66. The van der Waals surface area contributed by atoms with Crippen LogP contribution in [0.2, 0.25) is 0 Å². The summed E-state index contributed by atoms with van der Waals surface area (Å²) in [5.74, 6) is 0.344. The summed E-state index contributed by atoms with van der Waals surface area (Å²) in [6, 6.07) is 0. The highest BCUT2D eigenvalue weighted by Gasteiger charge is 2.17. The van der Waals surface area contributed by atoms with Crippen LogP contribution in [0, 0.1) is 5.92 Å². The zero-order chi connectivity index (χ0) is 18.1. The summed E-state index contributed by atoms with van der Waals surface area (Å²) in [6.07, 6.45) is 13.4. The van der Waals surface area contributed by atoms with Gasteiger partial charge in [-0.05, 0) is 58.3 Å². The molecule has 2 unspecified atom stereocenters. The summed E-state index contributed by atoms with van der Waals surface area (Å²) in [6.45, 7) is 14.1. The molecule has 0 aliphatic heterocycles. The second-order valence-electron chi connectivity index (χ2n) is 5.80. The van der Waals surface area contributed by atoms with E-state index in [0.29, 0.717) is 12.3 Å². The molecule has 23 heavy (non-hydrogen) atoms. The van der Waals surface area contributed by atoms with Crippen LogP contribution >= 0.6 is 0 Å². The van der Waals surface area contributed by atoms with Crippen LogP contribution in [0.4, 0.5) is 0 Å². The van der Waals surface area contributed by atoms with Crippen molar-refractivity contribution in [3.63, 3.8) is 0 Å². The van der Waals surface area contributed by atoms with Crippen LogP contribution in [0.1, 0.15) is 79.1 Å². The third-order valence-corrected chi connectivity index (χ3v) is 4.07. The van der Waals surface area contributed by atoms with Gasteiger partial charge < -0.3 is 9.90 Å². The van der Waals surface area contributed by atoms with Crippen molar-refractivity contribution in [3.05, 3.63) is 36.5 Å². The van der Waals surface area contributed by atoms with Crippen LogP contribution < -0.4 is 0 Å². The van der Waals surface area contributed by atoms with Crippen molar-refractivity contribution in [2.24, 2.45) is 5.92 Å². The minimum Gasteiger partial charge on any atom is -0.393 e. The molecular weight excluding hydrogens is 284 g/mol. The number of aldehydes is 1. The first kappa shape index (κ1) is 24.1. The van der Waals surface area contributed by atoms with Gasteiger partial charge in [0, 0.05) is 6.42 Å². The van der Waals surface area contributed by atoms with Crippen molar-refractivity contribution in [2.45, 2.75) is 85.2 Å². The minimum atomic E-state index is -0.255. The molecule has 134 valence electrons. The highest BCUT2D eigenvalue weighted by molar-refractivity contribution is 5.48. The summed E-state index contributed by atoms with van der Waals surface area (Å²) in [4.78, 5) is 10.3. The van der Waals surface area contributed by atoms with E-state index in [2.05, 4.69) is 32.2 Å². The lowest BCUT2D eigenvalue weighted by Crippen LogP contribution is -2.17.